The summed E-state index contributed by atoms with van der Waals surface area (Å²) in [6.07, 6.45) is 1.47. The maximum absolute atomic E-state index is 12.8. The van der Waals surface area contributed by atoms with E-state index in [9.17, 15) is 27.9 Å². The molecule has 0 radical (unpaired) electrons. The molecule has 1 amide bonds. The molecule has 0 atom stereocenters. The fraction of sp³-hybridized carbons (Fsp3) is 0.0526. The highest BCUT2D eigenvalue weighted by Gasteiger charge is 2.25. The first-order valence-electron chi connectivity index (χ1n) is 8.10. The Balaban J connectivity index is 2.05. The molecule has 0 unspecified atom stereocenters. The molecule has 9 nitrogen and oxygen atoms in total. The van der Waals surface area contributed by atoms with E-state index in [1.165, 1.54) is 18.2 Å². The number of fused-ring (bicyclic) bond motifs is 1. The first kappa shape index (κ1) is 20.0. The van der Waals surface area contributed by atoms with E-state index in [1.807, 2.05) is 4.72 Å². The highest BCUT2D eigenvalue weighted by atomic mass is 32.2. The minimum atomic E-state index is -4.45. The summed E-state index contributed by atoms with van der Waals surface area (Å²) in [6.45, 7) is 0. The lowest BCUT2D eigenvalue weighted by molar-refractivity contribution is 0.0600. The Morgan fingerprint density at radius 2 is 1.83 bits per heavy atom. The van der Waals surface area contributed by atoms with Crippen molar-refractivity contribution in [1.29, 1.82) is 0 Å². The molecule has 1 aromatic heterocycles. The number of aromatic hydroxyl groups is 1. The standard InChI is InChI=1S/C19H14N2O7S/c1-28-19(25)11-6-7-20-15(8-11)18(24)21-29(26,27)16-9-12(10-22)17(23)14-5-3-2-4-13(14)16/h2-10,23H,1H3,(H,21,24). The number of amides is 1. The van der Waals surface area contributed by atoms with E-state index in [2.05, 4.69) is 9.72 Å². The minimum Gasteiger partial charge on any atom is -0.507 e. The molecule has 2 aromatic carbocycles. The van der Waals surface area contributed by atoms with Crippen molar-refractivity contribution in [3.8, 4) is 5.75 Å². The maximum atomic E-state index is 12.8. The number of nitrogens with zero attached hydrogens (tertiary/aromatic N) is 1. The van der Waals surface area contributed by atoms with E-state index in [-0.39, 0.29) is 38.2 Å². The van der Waals surface area contributed by atoms with Crippen molar-refractivity contribution in [2.45, 2.75) is 4.90 Å². The third-order valence-electron chi connectivity index (χ3n) is 4.06. The highest BCUT2D eigenvalue weighted by molar-refractivity contribution is 7.90. The van der Waals surface area contributed by atoms with Crippen molar-refractivity contribution in [2.24, 2.45) is 0 Å². The van der Waals surface area contributed by atoms with Gasteiger partial charge in [-0.3, -0.25) is 14.6 Å². The van der Waals surface area contributed by atoms with Crippen LogP contribution in [0.25, 0.3) is 10.8 Å². The van der Waals surface area contributed by atoms with Crippen LogP contribution in [-0.4, -0.2) is 43.8 Å². The molecule has 0 aliphatic carbocycles. The number of phenols is 1. The van der Waals surface area contributed by atoms with Gasteiger partial charge in [-0.15, -0.1) is 0 Å². The molecule has 0 aliphatic heterocycles. The Morgan fingerprint density at radius 1 is 1.14 bits per heavy atom. The fourth-order valence-corrected chi connectivity index (χ4v) is 3.90. The topological polar surface area (TPSA) is 140 Å². The van der Waals surface area contributed by atoms with Crippen LogP contribution in [-0.2, 0) is 14.8 Å². The number of esters is 1. The fourth-order valence-electron chi connectivity index (χ4n) is 2.69. The van der Waals surface area contributed by atoms with Crippen molar-refractivity contribution < 1.29 is 32.6 Å². The summed E-state index contributed by atoms with van der Waals surface area (Å²) in [4.78, 5) is 38.6. The number of ether oxygens (including phenoxy) is 1. The zero-order chi connectivity index (χ0) is 21.2. The lowest BCUT2D eigenvalue weighted by Crippen LogP contribution is -2.31. The Kier molecular flexibility index (Phi) is 5.29. The Hall–Kier alpha value is -3.79. The zero-order valence-electron chi connectivity index (χ0n) is 14.9. The molecule has 0 saturated carbocycles. The molecule has 10 heteroatoms. The SMILES string of the molecule is COC(=O)c1ccnc(C(=O)NS(=O)(=O)c2cc(C=O)c(O)c3ccccc23)c1. The summed E-state index contributed by atoms with van der Waals surface area (Å²) >= 11 is 0. The van der Waals surface area contributed by atoms with E-state index >= 15 is 0 Å². The van der Waals surface area contributed by atoms with Crippen molar-refractivity contribution in [3.05, 3.63) is 65.5 Å². The molecule has 0 saturated heterocycles. The Bertz CT molecular complexity index is 1250. The Morgan fingerprint density at radius 3 is 2.48 bits per heavy atom. The number of aromatic nitrogens is 1. The number of phenolic OH excluding ortho intramolecular Hbond substituents is 1. The van der Waals surface area contributed by atoms with Gasteiger partial charge in [0.15, 0.2) is 6.29 Å². The molecular formula is C19H14N2O7S. The molecular weight excluding hydrogens is 400 g/mol. The molecule has 1 heterocycles. The van der Waals surface area contributed by atoms with Crippen LogP contribution in [0.15, 0.2) is 53.6 Å². The summed E-state index contributed by atoms with van der Waals surface area (Å²) in [5.41, 5.74) is -0.555. The molecule has 0 spiro atoms. The van der Waals surface area contributed by atoms with E-state index in [0.29, 0.717) is 6.29 Å². The number of nitrogens with one attached hydrogen (secondary N) is 1. The van der Waals surface area contributed by atoms with Crippen LogP contribution >= 0.6 is 0 Å². The molecule has 0 aliphatic rings. The van der Waals surface area contributed by atoms with Gasteiger partial charge in [0, 0.05) is 17.0 Å². The third kappa shape index (κ3) is 3.78. The average Bonchev–Trinajstić information content (AvgIpc) is 2.73. The predicted molar refractivity (Wildman–Crippen MR) is 101 cm³/mol. The molecule has 3 aromatic rings. The smallest absolute Gasteiger partial charge is 0.337 e. The number of hydrogen-bond donors (Lipinski definition) is 2. The van der Waals surface area contributed by atoms with Gasteiger partial charge in [0.25, 0.3) is 15.9 Å². The summed E-state index contributed by atoms with van der Waals surface area (Å²) in [5.74, 6) is -2.17. The summed E-state index contributed by atoms with van der Waals surface area (Å²) < 4.78 is 32.1. The predicted octanol–water partition coefficient (Wildman–Crippen LogP) is 1.66. The molecule has 2 N–H and O–H groups in total. The first-order chi connectivity index (χ1) is 13.8. The highest BCUT2D eigenvalue weighted by Crippen LogP contribution is 2.33. The van der Waals surface area contributed by atoms with Gasteiger partial charge in [-0.25, -0.2) is 17.9 Å². The van der Waals surface area contributed by atoms with Crippen LogP contribution in [0.2, 0.25) is 0 Å². The van der Waals surface area contributed by atoms with Crippen LogP contribution in [0, 0.1) is 0 Å². The van der Waals surface area contributed by atoms with E-state index in [1.54, 1.807) is 12.1 Å². The largest absolute Gasteiger partial charge is 0.507 e. The normalized spacial score (nSPS) is 11.1. The van der Waals surface area contributed by atoms with Gasteiger partial charge < -0.3 is 9.84 Å². The molecule has 3 rings (SSSR count). The van der Waals surface area contributed by atoms with Gasteiger partial charge in [-0.05, 0) is 18.2 Å². The summed E-state index contributed by atoms with van der Waals surface area (Å²) in [7, 11) is -3.29. The number of aldehydes is 1. The van der Waals surface area contributed by atoms with Crippen molar-refractivity contribution >= 4 is 39.0 Å². The molecule has 29 heavy (non-hydrogen) atoms. The number of pyridine rings is 1. The maximum Gasteiger partial charge on any atom is 0.337 e. The number of hydrogen-bond acceptors (Lipinski definition) is 8. The van der Waals surface area contributed by atoms with Gasteiger partial charge in [-0.1, -0.05) is 24.3 Å². The van der Waals surface area contributed by atoms with E-state index < -0.39 is 21.9 Å². The molecule has 0 fully saturated rings. The zero-order valence-corrected chi connectivity index (χ0v) is 15.8. The van der Waals surface area contributed by atoms with Crippen LogP contribution in [0.3, 0.4) is 0 Å². The molecule has 148 valence electrons. The van der Waals surface area contributed by atoms with Crippen LogP contribution in [0.4, 0.5) is 0 Å². The van der Waals surface area contributed by atoms with Crippen LogP contribution in [0.5, 0.6) is 5.75 Å². The number of benzene rings is 2. The number of carbonyl (C=O) groups is 3. The van der Waals surface area contributed by atoms with Gasteiger partial charge in [0.1, 0.15) is 11.4 Å². The second-order valence-electron chi connectivity index (χ2n) is 5.83. The van der Waals surface area contributed by atoms with Crippen LogP contribution < -0.4 is 4.72 Å². The average molecular weight is 414 g/mol. The lowest BCUT2D eigenvalue weighted by Gasteiger charge is -2.12. The molecule has 0 bridgehead atoms. The van der Waals surface area contributed by atoms with Gasteiger partial charge in [0.2, 0.25) is 0 Å². The van der Waals surface area contributed by atoms with Crippen molar-refractivity contribution in [1.82, 2.24) is 9.71 Å². The van der Waals surface area contributed by atoms with Gasteiger partial charge >= 0.3 is 5.97 Å². The lowest BCUT2D eigenvalue weighted by atomic mass is 10.1. The van der Waals surface area contributed by atoms with E-state index in [0.717, 1.165) is 25.4 Å². The quantitative estimate of drug-likeness (QED) is 0.474. The number of methoxy groups -OCH3 is 1. The summed E-state index contributed by atoms with van der Waals surface area (Å²) in [6, 6.07) is 9.35. The van der Waals surface area contributed by atoms with Gasteiger partial charge in [0.05, 0.1) is 23.1 Å². The second-order valence-corrected chi connectivity index (χ2v) is 7.48. The number of rotatable bonds is 5. The number of carbonyl (C=O) groups excluding carboxylic acids is 3. The number of sulfonamides is 1. The third-order valence-corrected chi connectivity index (χ3v) is 5.44. The van der Waals surface area contributed by atoms with E-state index in [4.69, 9.17) is 0 Å². The summed E-state index contributed by atoms with van der Waals surface area (Å²) in [5, 5.41) is 10.4. The van der Waals surface area contributed by atoms with Crippen molar-refractivity contribution in [2.75, 3.05) is 7.11 Å². The van der Waals surface area contributed by atoms with Crippen molar-refractivity contribution in [3.63, 3.8) is 0 Å². The monoisotopic (exact) mass is 414 g/mol. The van der Waals surface area contributed by atoms with Gasteiger partial charge in [-0.2, -0.15) is 0 Å². The minimum absolute atomic E-state index is 0.0170. The first-order valence-corrected chi connectivity index (χ1v) is 9.58. The Labute approximate surface area is 165 Å². The second kappa shape index (κ2) is 7.68. The van der Waals surface area contributed by atoms with Crippen LogP contribution in [0.1, 0.15) is 31.2 Å².